The molecule has 0 unspecified atom stereocenters. The van der Waals surface area contributed by atoms with E-state index in [2.05, 4.69) is 0 Å². The average Bonchev–Trinajstić information content (AvgIpc) is 3.05. The van der Waals surface area contributed by atoms with E-state index in [0.29, 0.717) is 17.9 Å². The van der Waals surface area contributed by atoms with Crippen molar-refractivity contribution in [1.29, 1.82) is 0 Å². The highest BCUT2D eigenvalue weighted by atomic mass is 16.5. The van der Waals surface area contributed by atoms with E-state index < -0.39 is 0 Å². The molecule has 1 aliphatic carbocycles. The number of anilines is 1. The maximum absolute atomic E-state index is 11.7. The van der Waals surface area contributed by atoms with Crippen LogP contribution in [0.1, 0.15) is 35.2 Å². The largest absolute Gasteiger partial charge is 0.462 e. The molecule has 0 amide bonds. The first-order chi connectivity index (χ1) is 7.66. The lowest BCUT2D eigenvalue weighted by atomic mass is 10.1. The fourth-order valence-corrected chi connectivity index (χ4v) is 1.66. The van der Waals surface area contributed by atoms with Gasteiger partial charge in [0.2, 0.25) is 0 Å². The molecule has 0 atom stereocenters. The zero-order valence-corrected chi connectivity index (χ0v) is 9.53. The van der Waals surface area contributed by atoms with Gasteiger partial charge in [0, 0.05) is 5.69 Å². The van der Waals surface area contributed by atoms with Crippen LogP contribution in [0.4, 0.5) is 5.69 Å². The van der Waals surface area contributed by atoms with Gasteiger partial charge in [-0.05, 0) is 37.0 Å². The molecule has 3 heteroatoms. The Labute approximate surface area is 95.6 Å². The van der Waals surface area contributed by atoms with E-state index in [9.17, 15) is 4.79 Å². The first-order valence-corrected chi connectivity index (χ1v) is 5.70. The van der Waals surface area contributed by atoms with Crippen LogP contribution >= 0.6 is 0 Å². The van der Waals surface area contributed by atoms with Crippen LogP contribution in [0.15, 0.2) is 18.2 Å². The molecule has 16 heavy (non-hydrogen) atoms. The number of ether oxygens (including phenoxy) is 1. The van der Waals surface area contributed by atoms with Gasteiger partial charge in [-0.25, -0.2) is 4.79 Å². The third-order valence-electron chi connectivity index (χ3n) is 2.94. The number of carbonyl (C=O) groups excluding carboxylic acids is 1. The van der Waals surface area contributed by atoms with Gasteiger partial charge in [-0.1, -0.05) is 18.9 Å². The minimum atomic E-state index is -0.259. The van der Waals surface area contributed by atoms with Crippen LogP contribution in [0.3, 0.4) is 0 Å². The van der Waals surface area contributed by atoms with Gasteiger partial charge in [-0.15, -0.1) is 0 Å². The number of benzene rings is 1. The molecule has 0 radical (unpaired) electrons. The lowest BCUT2D eigenvalue weighted by Crippen LogP contribution is -2.09. The van der Waals surface area contributed by atoms with Crippen molar-refractivity contribution >= 4 is 11.7 Å². The minimum absolute atomic E-state index is 0.259. The summed E-state index contributed by atoms with van der Waals surface area (Å²) in [5, 5.41) is 0. The lowest BCUT2D eigenvalue weighted by molar-refractivity contribution is 0.0494. The highest BCUT2D eigenvalue weighted by molar-refractivity contribution is 5.92. The summed E-state index contributed by atoms with van der Waals surface area (Å²) in [6.07, 6.45) is 3.57. The summed E-state index contributed by atoms with van der Waals surface area (Å²) in [5.41, 5.74) is 7.73. The molecule has 0 saturated heterocycles. The number of rotatable bonds is 4. The van der Waals surface area contributed by atoms with Crippen LogP contribution in [0.2, 0.25) is 0 Å². The fraction of sp³-hybridized carbons (Fsp3) is 0.462. The molecule has 0 bridgehead atoms. The Bertz CT molecular complexity index is 397. The molecule has 3 nitrogen and oxygen atoms in total. The van der Waals surface area contributed by atoms with Crippen molar-refractivity contribution in [2.75, 3.05) is 12.3 Å². The Morgan fingerprint density at radius 2 is 2.25 bits per heavy atom. The van der Waals surface area contributed by atoms with Crippen LogP contribution in [-0.4, -0.2) is 12.6 Å². The molecule has 1 saturated carbocycles. The van der Waals surface area contributed by atoms with Gasteiger partial charge in [0.05, 0.1) is 12.2 Å². The first kappa shape index (κ1) is 11.0. The Morgan fingerprint density at radius 1 is 1.50 bits per heavy atom. The number of nitrogen functional groups attached to an aromatic ring is 1. The van der Waals surface area contributed by atoms with E-state index in [1.807, 2.05) is 13.0 Å². The van der Waals surface area contributed by atoms with Crippen molar-refractivity contribution in [2.45, 2.75) is 26.2 Å². The normalized spacial score (nSPS) is 14.8. The summed E-state index contributed by atoms with van der Waals surface area (Å²) < 4.78 is 5.22. The minimum Gasteiger partial charge on any atom is -0.462 e. The van der Waals surface area contributed by atoms with E-state index in [4.69, 9.17) is 10.5 Å². The lowest BCUT2D eigenvalue weighted by Gasteiger charge is -2.07. The number of carbonyl (C=O) groups is 1. The number of esters is 1. The number of hydrogen-bond acceptors (Lipinski definition) is 3. The quantitative estimate of drug-likeness (QED) is 0.625. The van der Waals surface area contributed by atoms with E-state index in [1.165, 1.54) is 12.8 Å². The standard InChI is InChI=1S/C13H17NO2/c1-9-2-5-11(14)8-12(9)13(15)16-7-6-10-3-4-10/h2,5,8,10H,3-4,6-7,14H2,1H3. The summed E-state index contributed by atoms with van der Waals surface area (Å²) in [6, 6.07) is 5.30. The first-order valence-electron chi connectivity index (χ1n) is 5.70. The summed E-state index contributed by atoms with van der Waals surface area (Å²) in [7, 11) is 0. The zero-order valence-electron chi connectivity index (χ0n) is 9.53. The van der Waals surface area contributed by atoms with Crippen molar-refractivity contribution in [3.8, 4) is 0 Å². The third kappa shape index (κ3) is 2.75. The second-order valence-electron chi connectivity index (χ2n) is 4.44. The van der Waals surface area contributed by atoms with E-state index in [0.717, 1.165) is 17.9 Å². The number of hydrogen-bond donors (Lipinski definition) is 1. The maximum atomic E-state index is 11.7. The van der Waals surface area contributed by atoms with E-state index in [1.54, 1.807) is 12.1 Å². The molecule has 0 spiro atoms. The monoisotopic (exact) mass is 219 g/mol. The van der Waals surface area contributed by atoms with E-state index in [-0.39, 0.29) is 5.97 Å². The molecule has 1 aromatic rings. The highest BCUT2D eigenvalue weighted by Gasteiger charge is 2.21. The number of nitrogens with two attached hydrogens (primary N) is 1. The van der Waals surface area contributed by atoms with Gasteiger partial charge in [0.25, 0.3) is 0 Å². The van der Waals surface area contributed by atoms with Gasteiger partial charge in [0.15, 0.2) is 0 Å². The molecular formula is C13H17NO2. The average molecular weight is 219 g/mol. The molecule has 0 aromatic heterocycles. The van der Waals surface area contributed by atoms with Crippen LogP contribution < -0.4 is 5.73 Å². The molecule has 0 heterocycles. The second kappa shape index (κ2) is 4.56. The molecule has 2 N–H and O–H groups in total. The van der Waals surface area contributed by atoms with Crippen LogP contribution in [0.5, 0.6) is 0 Å². The van der Waals surface area contributed by atoms with Crippen molar-refractivity contribution < 1.29 is 9.53 Å². The highest BCUT2D eigenvalue weighted by Crippen LogP contribution is 2.32. The molecule has 1 fully saturated rings. The van der Waals surface area contributed by atoms with Gasteiger partial charge in [-0.3, -0.25) is 0 Å². The second-order valence-corrected chi connectivity index (χ2v) is 4.44. The van der Waals surface area contributed by atoms with Gasteiger partial charge < -0.3 is 10.5 Å². The zero-order chi connectivity index (χ0) is 11.5. The maximum Gasteiger partial charge on any atom is 0.338 e. The van der Waals surface area contributed by atoms with Gasteiger partial charge in [0.1, 0.15) is 0 Å². The SMILES string of the molecule is Cc1ccc(N)cc1C(=O)OCCC1CC1. The predicted molar refractivity (Wildman–Crippen MR) is 63.2 cm³/mol. The summed E-state index contributed by atoms with van der Waals surface area (Å²) >= 11 is 0. The molecule has 1 aliphatic rings. The predicted octanol–water partition coefficient (Wildman–Crippen LogP) is 2.53. The molecule has 0 aliphatic heterocycles. The van der Waals surface area contributed by atoms with Gasteiger partial charge >= 0.3 is 5.97 Å². The molecule has 2 rings (SSSR count). The fourth-order valence-electron chi connectivity index (χ4n) is 1.66. The Kier molecular flexibility index (Phi) is 3.13. The molecular weight excluding hydrogens is 202 g/mol. The van der Waals surface area contributed by atoms with Crippen molar-refractivity contribution in [2.24, 2.45) is 5.92 Å². The van der Waals surface area contributed by atoms with Crippen LogP contribution in [0.25, 0.3) is 0 Å². The van der Waals surface area contributed by atoms with Crippen molar-refractivity contribution in [3.63, 3.8) is 0 Å². The summed E-state index contributed by atoms with van der Waals surface area (Å²) in [6.45, 7) is 2.41. The van der Waals surface area contributed by atoms with Crippen LogP contribution in [-0.2, 0) is 4.74 Å². The molecule has 86 valence electrons. The van der Waals surface area contributed by atoms with Gasteiger partial charge in [-0.2, -0.15) is 0 Å². The topological polar surface area (TPSA) is 52.3 Å². The summed E-state index contributed by atoms with van der Waals surface area (Å²) in [4.78, 5) is 11.7. The smallest absolute Gasteiger partial charge is 0.338 e. The van der Waals surface area contributed by atoms with E-state index >= 15 is 0 Å². The van der Waals surface area contributed by atoms with Crippen LogP contribution in [0, 0.1) is 12.8 Å². The summed E-state index contributed by atoms with van der Waals surface area (Å²) in [5.74, 6) is 0.528. The third-order valence-corrected chi connectivity index (χ3v) is 2.94. The van der Waals surface area contributed by atoms with Crippen molar-refractivity contribution in [1.82, 2.24) is 0 Å². The molecule has 1 aromatic carbocycles. The number of aryl methyl sites for hydroxylation is 1. The Morgan fingerprint density at radius 3 is 2.94 bits per heavy atom. The Balaban J connectivity index is 1.93. The van der Waals surface area contributed by atoms with Crippen molar-refractivity contribution in [3.05, 3.63) is 29.3 Å². The Hall–Kier alpha value is -1.51.